The number of ether oxygens (including phenoxy) is 3. The number of rotatable bonds is 9. The van der Waals surface area contributed by atoms with Crippen LogP contribution in [-0.4, -0.2) is 28.3 Å². The number of esters is 1. The van der Waals surface area contributed by atoms with E-state index >= 15 is 0 Å². The molecule has 0 saturated heterocycles. The molecule has 0 amide bonds. The molecule has 0 aromatic heterocycles. The average molecular weight is 629 g/mol. The van der Waals surface area contributed by atoms with Crippen LogP contribution in [0.25, 0.3) is 6.08 Å². The van der Waals surface area contributed by atoms with E-state index in [0.29, 0.717) is 43.9 Å². The van der Waals surface area contributed by atoms with Crippen molar-refractivity contribution >= 4 is 51.9 Å². The minimum absolute atomic E-state index is 0.0277. The van der Waals surface area contributed by atoms with Crippen LogP contribution in [0.3, 0.4) is 0 Å². The molecule has 0 radical (unpaired) electrons. The standard InChI is InChI=1S/C26H20IN3O8/c1-3-36-23-13-17(11-20(27)24(23)37-14-16-5-4-6-19(10-16)29(32)33)12-21-26(31)38-25(28-21)18-7-8-22(30(34)35)15(2)9-18/h4-13H,3,14H2,1-2H3/b21-12-. The van der Waals surface area contributed by atoms with Crippen molar-refractivity contribution in [2.45, 2.75) is 20.5 Å². The van der Waals surface area contributed by atoms with Gasteiger partial charge in [0.2, 0.25) is 5.90 Å². The summed E-state index contributed by atoms with van der Waals surface area (Å²) in [5.41, 5.74) is 2.08. The largest absolute Gasteiger partial charge is 0.490 e. The van der Waals surface area contributed by atoms with Gasteiger partial charge in [-0.1, -0.05) is 12.1 Å². The highest BCUT2D eigenvalue weighted by atomic mass is 127. The van der Waals surface area contributed by atoms with Gasteiger partial charge in [0, 0.05) is 29.3 Å². The number of nitro groups is 2. The Morgan fingerprint density at radius 3 is 2.53 bits per heavy atom. The van der Waals surface area contributed by atoms with Crippen molar-refractivity contribution in [1.82, 2.24) is 0 Å². The van der Waals surface area contributed by atoms with Gasteiger partial charge in [0.05, 0.1) is 20.0 Å². The highest BCUT2D eigenvalue weighted by Gasteiger charge is 2.26. The Bertz CT molecular complexity index is 1520. The first kappa shape index (κ1) is 26.7. The summed E-state index contributed by atoms with van der Waals surface area (Å²) >= 11 is 2.08. The van der Waals surface area contributed by atoms with E-state index in [9.17, 15) is 25.0 Å². The molecule has 1 heterocycles. The van der Waals surface area contributed by atoms with E-state index in [0.717, 1.165) is 0 Å². The van der Waals surface area contributed by atoms with Gasteiger partial charge in [-0.3, -0.25) is 20.2 Å². The maximum absolute atomic E-state index is 12.5. The monoisotopic (exact) mass is 629 g/mol. The van der Waals surface area contributed by atoms with Crippen LogP contribution in [0.5, 0.6) is 11.5 Å². The average Bonchev–Trinajstić information content (AvgIpc) is 3.23. The Morgan fingerprint density at radius 2 is 1.84 bits per heavy atom. The summed E-state index contributed by atoms with van der Waals surface area (Å²) in [5, 5.41) is 22.1. The number of nitro benzene ring substituents is 2. The molecule has 1 aliphatic rings. The summed E-state index contributed by atoms with van der Waals surface area (Å²) in [6.07, 6.45) is 1.54. The summed E-state index contributed by atoms with van der Waals surface area (Å²) in [6.45, 7) is 3.86. The number of halogens is 1. The molecule has 12 heteroatoms. The van der Waals surface area contributed by atoms with Crippen molar-refractivity contribution in [3.8, 4) is 11.5 Å². The molecular formula is C26H20IN3O8. The topological polar surface area (TPSA) is 143 Å². The van der Waals surface area contributed by atoms with Crippen LogP contribution < -0.4 is 9.47 Å². The third kappa shape index (κ3) is 5.96. The first-order valence-corrected chi connectivity index (χ1v) is 12.3. The number of cyclic esters (lactones) is 1. The summed E-state index contributed by atoms with van der Waals surface area (Å²) < 4.78 is 17.7. The third-order valence-electron chi connectivity index (χ3n) is 5.40. The van der Waals surface area contributed by atoms with Gasteiger partial charge in [-0.2, -0.15) is 0 Å². The molecule has 194 valence electrons. The molecule has 0 atom stereocenters. The fourth-order valence-corrected chi connectivity index (χ4v) is 4.45. The Kier molecular flexibility index (Phi) is 8.00. The Hall–Kier alpha value is -4.33. The highest BCUT2D eigenvalue weighted by molar-refractivity contribution is 14.1. The predicted molar refractivity (Wildman–Crippen MR) is 146 cm³/mol. The molecule has 0 bridgehead atoms. The number of non-ortho nitro benzene ring substituents is 1. The number of nitrogens with zero attached hydrogens (tertiary/aromatic N) is 3. The van der Waals surface area contributed by atoms with Crippen molar-refractivity contribution in [3.63, 3.8) is 0 Å². The zero-order valence-corrected chi connectivity index (χ0v) is 22.3. The molecule has 11 nitrogen and oxygen atoms in total. The number of carbonyl (C=O) groups excluding carboxylic acids is 1. The number of aryl methyl sites for hydroxylation is 1. The summed E-state index contributed by atoms with van der Waals surface area (Å²) in [6, 6.07) is 14.0. The molecule has 1 aliphatic heterocycles. The van der Waals surface area contributed by atoms with Crippen LogP contribution in [0.15, 0.2) is 65.3 Å². The van der Waals surface area contributed by atoms with Gasteiger partial charge in [0.1, 0.15) is 6.61 Å². The van der Waals surface area contributed by atoms with Gasteiger partial charge in [-0.15, -0.1) is 0 Å². The fourth-order valence-electron chi connectivity index (χ4n) is 3.67. The molecule has 0 fully saturated rings. The molecule has 0 saturated carbocycles. The van der Waals surface area contributed by atoms with E-state index in [1.807, 2.05) is 6.92 Å². The lowest BCUT2D eigenvalue weighted by molar-refractivity contribution is -0.385. The van der Waals surface area contributed by atoms with Crippen LogP contribution in [-0.2, 0) is 16.1 Å². The van der Waals surface area contributed by atoms with E-state index in [4.69, 9.17) is 14.2 Å². The predicted octanol–water partition coefficient (Wildman–Crippen LogP) is 5.74. The van der Waals surface area contributed by atoms with E-state index in [1.165, 1.54) is 30.3 Å². The van der Waals surface area contributed by atoms with Crippen molar-refractivity contribution in [2.24, 2.45) is 4.99 Å². The van der Waals surface area contributed by atoms with E-state index < -0.39 is 15.8 Å². The van der Waals surface area contributed by atoms with Gasteiger partial charge in [0.25, 0.3) is 11.4 Å². The van der Waals surface area contributed by atoms with Crippen molar-refractivity contribution < 1.29 is 28.9 Å². The van der Waals surface area contributed by atoms with Crippen molar-refractivity contribution in [2.75, 3.05) is 6.61 Å². The SMILES string of the molecule is CCOc1cc(/C=C2\N=C(c3ccc([N+](=O)[O-])c(C)c3)OC2=O)cc(I)c1OCc1cccc([N+](=O)[O-])c1. The molecule has 3 aromatic carbocycles. The summed E-state index contributed by atoms with van der Waals surface area (Å²) in [4.78, 5) is 38.0. The molecule has 3 aromatic rings. The van der Waals surface area contributed by atoms with Gasteiger partial charge in [-0.05, 0) is 77.9 Å². The zero-order chi connectivity index (χ0) is 27.4. The number of carbonyl (C=O) groups is 1. The van der Waals surface area contributed by atoms with Crippen LogP contribution in [0, 0.1) is 30.7 Å². The molecule has 0 spiro atoms. The molecule has 0 N–H and O–H groups in total. The smallest absolute Gasteiger partial charge is 0.363 e. The molecule has 0 aliphatic carbocycles. The molecule has 4 rings (SSSR count). The second-order valence-electron chi connectivity index (χ2n) is 8.07. The quantitative estimate of drug-likeness (QED) is 0.0959. The highest BCUT2D eigenvalue weighted by Crippen LogP contribution is 2.36. The van der Waals surface area contributed by atoms with Crippen molar-refractivity contribution in [3.05, 3.63) is 106 Å². The molecule has 38 heavy (non-hydrogen) atoms. The third-order valence-corrected chi connectivity index (χ3v) is 6.20. The number of benzene rings is 3. The van der Waals surface area contributed by atoms with E-state index in [2.05, 4.69) is 27.6 Å². The van der Waals surface area contributed by atoms with Crippen molar-refractivity contribution in [1.29, 1.82) is 0 Å². The van der Waals surface area contributed by atoms with Gasteiger partial charge in [0.15, 0.2) is 17.2 Å². The molecular weight excluding hydrogens is 609 g/mol. The van der Waals surface area contributed by atoms with E-state index in [-0.39, 0.29) is 29.6 Å². The Balaban J connectivity index is 1.60. The van der Waals surface area contributed by atoms with Gasteiger partial charge in [-0.25, -0.2) is 9.79 Å². The number of hydrogen-bond donors (Lipinski definition) is 0. The first-order valence-electron chi connectivity index (χ1n) is 11.3. The fraction of sp³-hybridized carbons (Fsp3) is 0.154. The second kappa shape index (κ2) is 11.4. The maximum atomic E-state index is 12.5. The lowest BCUT2D eigenvalue weighted by Crippen LogP contribution is -2.06. The Labute approximate surface area is 230 Å². The Morgan fingerprint density at radius 1 is 1.05 bits per heavy atom. The summed E-state index contributed by atoms with van der Waals surface area (Å²) in [5.74, 6) is 0.282. The minimum Gasteiger partial charge on any atom is -0.490 e. The lowest BCUT2D eigenvalue weighted by atomic mass is 10.1. The van der Waals surface area contributed by atoms with Gasteiger partial charge >= 0.3 is 5.97 Å². The van der Waals surface area contributed by atoms with Crippen LogP contribution in [0.2, 0.25) is 0 Å². The van der Waals surface area contributed by atoms with Crippen LogP contribution >= 0.6 is 22.6 Å². The van der Waals surface area contributed by atoms with Crippen LogP contribution in [0.4, 0.5) is 11.4 Å². The summed E-state index contributed by atoms with van der Waals surface area (Å²) in [7, 11) is 0. The second-order valence-corrected chi connectivity index (χ2v) is 9.24. The maximum Gasteiger partial charge on any atom is 0.363 e. The van der Waals surface area contributed by atoms with Gasteiger partial charge < -0.3 is 14.2 Å². The number of hydrogen-bond acceptors (Lipinski definition) is 9. The lowest BCUT2D eigenvalue weighted by Gasteiger charge is -2.15. The number of aliphatic imine (C=N–C) groups is 1. The minimum atomic E-state index is -0.657. The molecule has 0 unspecified atom stereocenters. The van der Waals surface area contributed by atoms with Crippen LogP contribution in [0.1, 0.15) is 29.2 Å². The first-order chi connectivity index (χ1) is 18.2. The zero-order valence-electron chi connectivity index (χ0n) is 20.2. The normalized spacial score (nSPS) is 13.7. The van der Waals surface area contributed by atoms with E-state index in [1.54, 1.807) is 37.3 Å².